The number of likely N-dealkylation sites (N-methyl/N-ethyl adjacent to an activating group) is 1. The van der Waals surface area contributed by atoms with E-state index in [4.69, 9.17) is 4.74 Å². The summed E-state index contributed by atoms with van der Waals surface area (Å²) >= 11 is 0. The molecule has 7 heteroatoms. The van der Waals surface area contributed by atoms with Crippen molar-refractivity contribution in [1.82, 2.24) is 4.90 Å². The number of hydrogen-bond donors (Lipinski definition) is 4. The molecule has 29 heavy (non-hydrogen) atoms. The average Bonchev–Trinajstić information content (AvgIpc) is 3.46. The quantitative estimate of drug-likeness (QED) is 0.264. The van der Waals surface area contributed by atoms with Crippen LogP contribution in [0.1, 0.15) is 43.7 Å². The van der Waals surface area contributed by atoms with Crippen molar-refractivity contribution in [1.29, 1.82) is 0 Å². The van der Waals surface area contributed by atoms with Gasteiger partial charge in [0, 0.05) is 17.5 Å². The number of ether oxygens (including phenoxy) is 1. The molecule has 0 amide bonds. The van der Waals surface area contributed by atoms with Gasteiger partial charge >= 0.3 is 0 Å². The molecule has 5 aliphatic rings. The fraction of sp³-hybridized carbons (Fsp3) is 0.636. The fourth-order valence-corrected chi connectivity index (χ4v) is 6.88. The van der Waals surface area contributed by atoms with Crippen molar-refractivity contribution in [2.75, 3.05) is 13.6 Å². The number of benzene rings is 1. The summed E-state index contributed by atoms with van der Waals surface area (Å²) in [5.41, 5.74) is 2.21. The van der Waals surface area contributed by atoms with Gasteiger partial charge in [-0.3, -0.25) is 0 Å². The van der Waals surface area contributed by atoms with Gasteiger partial charge in [-0.1, -0.05) is 11.6 Å². The van der Waals surface area contributed by atoms with E-state index in [0.29, 0.717) is 30.9 Å². The normalized spacial score (nSPS) is 39.2. The Morgan fingerprint density at radius 3 is 2.69 bits per heavy atom. The Kier molecular flexibility index (Phi) is 3.34. The Balaban J connectivity index is 1.68. The summed E-state index contributed by atoms with van der Waals surface area (Å²) in [5.74, 6) is -4.11. The lowest BCUT2D eigenvalue weighted by atomic mass is 9.48. The number of nitrogens with zero attached hydrogens (tertiary/aromatic N) is 1. The van der Waals surface area contributed by atoms with Crippen LogP contribution in [0.4, 0.5) is 0 Å². The second kappa shape index (κ2) is 5.34. The van der Waals surface area contributed by atoms with E-state index in [1.54, 1.807) is 6.07 Å². The lowest BCUT2D eigenvalue weighted by Gasteiger charge is -2.62. The maximum atomic E-state index is 12.0. The first-order valence-corrected chi connectivity index (χ1v) is 10.5. The molecule has 0 unspecified atom stereocenters. The van der Waals surface area contributed by atoms with Gasteiger partial charge in [0.25, 0.3) is 11.6 Å². The third kappa shape index (κ3) is 1.87. The topological polar surface area (TPSA) is 103 Å². The van der Waals surface area contributed by atoms with Gasteiger partial charge in [-0.15, -0.1) is 0 Å². The summed E-state index contributed by atoms with van der Waals surface area (Å²) in [6.45, 7) is 2.70. The van der Waals surface area contributed by atoms with Gasteiger partial charge < -0.3 is 29.8 Å². The van der Waals surface area contributed by atoms with Gasteiger partial charge in [0.1, 0.15) is 0 Å². The third-order valence-electron chi connectivity index (χ3n) is 8.40. The van der Waals surface area contributed by atoms with Gasteiger partial charge in [0.15, 0.2) is 5.75 Å². The van der Waals surface area contributed by atoms with Crippen LogP contribution < -0.4 is 9.62 Å². The van der Waals surface area contributed by atoms with Crippen molar-refractivity contribution in [2.24, 2.45) is 11.8 Å². The summed E-state index contributed by atoms with van der Waals surface area (Å²) in [7, 11) is 2.09. The molecule has 4 atom stereocenters. The first kappa shape index (κ1) is 18.2. The van der Waals surface area contributed by atoms with Crippen molar-refractivity contribution in [2.45, 2.75) is 62.1 Å². The first-order valence-electron chi connectivity index (χ1n) is 10.5. The Morgan fingerprint density at radius 1 is 1.24 bits per heavy atom. The van der Waals surface area contributed by atoms with E-state index in [2.05, 4.69) is 16.8 Å². The Hall–Kier alpha value is -1.64. The lowest BCUT2D eigenvalue weighted by Crippen LogP contribution is -2.77. The maximum absolute atomic E-state index is 12.0. The van der Waals surface area contributed by atoms with Gasteiger partial charge in [-0.05, 0) is 75.7 Å². The van der Waals surface area contributed by atoms with E-state index in [-0.39, 0.29) is 23.5 Å². The van der Waals surface area contributed by atoms with Crippen LogP contribution in [0.3, 0.4) is 0 Å². The summed E-state index contributed by atoms with van der Waals surface area (Å²) in [5, 5.41) is 44.3. The Bertz CT molecular complexity index is 953. The second-order valence-corrected chi connectivity index (χ2v) is 9.70. The smallest absolute Gasteiger partial charge is 0.277 e. The molecule has 7 nitrogen and oxygen atoms in total. The first-order chi connectivity index (χ1) is 13.8. The zero-order chi connectivity index (χ0) is 20.3. The number of piperidine rings is 1. The predicted octanol–water partition coefficient (Wildman–Crippen LogP) is 1.54. The predicted molar refractivity (Wildman–Crippen MR) is 102 cm³/mol. The van der Waals surface area contributed by atoms with Crippen molar-refractivity contribution < 1.29 is 30.2 Å². The zero-order valence-corrected chi connectivity index (χ0v) is 16.7. The van der Waals surface area contributed by atoms with E-state index in [9.17, 15) is 20.6 Å². The molecular formula is C22H27NO6. The molecule has 4 N–H and O–H groups in total. The lowest BCUT2D eigenvalue weighted by molar-refractivity contribution is -0.362. The molecule has 1 aromatic rings. The molecule has 3 aliphatic carbocycles. The molecule has 0 aromatic heterocycles. The van der Waals surface area contributed by atoms with E-state index in [0.717, 1.165) is 36.0 Å². The standard InChI is InChI=1S/C22H27NO6/c1-11-14(9-12-3-4-12)21(24,25)22(26)20-7-8-23(2)15(17(11)20)10-13-5-6-16(29-27)19(28-22)18(13)20/h5-6,12,15,17,24-27H,3-4,7-10H2,1-2H3/t15-,17+,20+,22-/m1/s1. The van der Waals surface area contributed by atoms with E-state index in [1.807, 2.05) is 13.0 Å². The zero-order valence-electron chi connectivity index (χ0n) is 16.7. The summed E-state index contributed by atoms with van der Waals surface area (Å²) in [4.78, 5) is 6.86. The van der Waals surface area contributed by atoms with Crippen LogP contribution in [0.15, 0.2) is 23.3 Å². The number of rotatable bonds is 3. The fourth-order valence-electron chi connectivity index (χ4n) is 6.88. The van der Waals surface area contributed by atoms with Gasteiger partial charge in [0.05, 0.1) is 5.41 Å². The Labute approximate surface area is 169 Å². The monoisotopic (exact) mass is 401 g/mol. The highest BCUT2D eigenvalue weighted by Crippen LogP contribution is 2.70. The van der Waals surface area contributed by atoms with Gasteiger partial charge in [-0.25, -0.2) is 5.26 Å². The number of hydrogen-bond acceptors (Lipinski definition) is 7. The molecular weight excluding hydrogens is 374 g/mol. The molecule has 1 aromatic carbocycles. The number of aliphatic hydroxyl groups is 3. The Morgan fingerprint density at radius 2 is 2.00 bits per heavy atom. The molecule has 1 saturated heterocycles. The van der Waals surface area contributed by atoms with Crippen molar-refractivity contribution >= 4 is 0 Å². The highest BCUT2D eigenvalue weighted by Gasteiger charge is 2.79. The van der Waals surface area contributed by atoms with Crippen molar-refractivity contribution in [3.63, 3.8) is 0 Å². The van der Waals surface area contributed by atoms with Crippen LogP contribution in [0.2, 0.25) is 0 Å². The van der Waals surface area contributed by atoms with Crippen LogP contribution in [-0.4, -0.2) is 56.7 Å². The van der Waals surface area contributed by atoms with Crippen LogP contribution in [0.5, 0.6) is 11.5 Å². The van der Waals surface area contributed by atoms with Crippen molar-refractivity contribution in [3.8, 4) is 11.5 Å². The second-order valence-electron chi connectivity index (χ2n) is 9.70. The molecule has 2 aliphatic heterocycles. The van der Waals surface area contributed by atoms with Crippen LogP contribution in [0.25, 0.3) is 0 Å². The van der Waals surface area contributed by atoms with Crippen LogP contribution in [-0.2, 0) is 11.8 Å². The highest BCUT2D eigenvalue weighted by molar-refractivity contribution is 5.64. The van der Waals surface area contributed by atoms with Gasteiger partial charge in [0.2, 0.25) is 5.75 Å². The molecule has 2 bridgehead atoms. The average molecular weight is 401 g/mol. The summed E-state index contributed by atoms with van der Waals surface area (Å²) in [6, 6.07) is 3.63. The SMILES string of the molecule is CC1=C(CC2CC2)C(O)(O)[C@]2(O)Oc3c(OO)ccc4c3[C@@]23CCN(C)[C@H](C4)[C@H]13. The van der Waals surface area contributed by atoms with Crippen LogP contribution in [0, 0.1) is 11.8 Å². The minimum absolute atomic E-state index is 0.0919. The third-order valence-corrected chi connectivity index (χ3v) is 8.40. The number of likely N-dealkylation sites (tertiary alicyclic amines) is 1. The molecule has 0 radical (unpaired) electrons. The molecule has 2 heterocycles. The molecule has 6 rings (SSSR count). The molecule has 156 valence electrons. The van der Waals surface area contributed by atoms with Crippen LogP contribution >= 0.6 is 0 Å². The van der Waals surface area contributed by atoms with Crippen molar-refractivity contribution in [3.05, 3.63) is 34.4 Å². The molecule has 1 spiro atoms. The largest absolute Gasteiger partial charge is 0.451 e. The van der Waals surface area contributed by atoms with E-state index < -0.39 is 17.0 Å². The molecule has 2 fully saturated rings. The molecule has 1 saturated carbocycles. The summed E-state index contributed by atoms with van der Waals surface area (Å²) in [6.07, 6.45) is 3.98. The minimum Gasteiger partial charge on any atom is -0.451 e. The maximum Gasteiger partial charge on any atom is 0.277 e. The summed E-state index contributed by atoms with van der Waals surface area (Å²) < 4.78 is 6.04. The van der Waals surface area contributed by atoms with E-state index in [1.165, 1.54) is 0 Å². The highest BCUT2D eigenvalue weighted by atomic mass is 17.1. The van der Waals surface area contributed by atoms with E-state index >= 15 is 0 Å². The minimum atomic E-state index is -2.52. The van der Waals surface area contributed by atoms with Gasteiger partial charge in [-0.2, -0.15) is 0 Å².